The summed E-state index contributed by atoms with van der Waals surface area (Å²) in [6, 6.07) is 1.77. The molecular weight excluding hydrogens is 270 g/mol. The molecule has 1 heterocycles. The van der Waals surface area contributed by atoms with Gasteiger partial charge >= 0.3 is 0 Å². The maximum atomic E-state index is 10.1. The molecule has 1 aromatic heterocycles. The average molecular weight is 288 g/mol. The largest absolute Gasteiger partial charge is 0.391 e. The Morgan fingerprint density at radius 3 is 2.89 bits per heavy atom. The number of hydrogen-bond acceptors (Lipinski definition) is 5. The Labute approximate surface area is 117 Å². The summed E-state index contributed by atoms with van der Waals surface area (Å²) >= 11 is 7.40. The predicted octanol–water partition coefficient (Wildman–Crippen LogP) is 2.96. The molecule has 2 rings (SSSR count). The van der Waals surface area contributed by atoms with Gasteiger partial charge in [0, 0.05) is 6.07 Å². The SMILES string of the molecule is CSc1nc(Cl)cc(NC2CCCCCC2O)n1. The van der Waals surface area contributed by atoms with Crippen LogP contribution in [0.4, 0.5) is 5.82 Å². The van der Waals surface area contributed by atoms with Crippen LogP contribution in [0.3, 0.4) is 0 Å². The van der Waals surface area contributed by atoms with E-state index in [4.69, 9.17) is 11.6 Å². The quantitative estimate of drug-likeness (QED) is 0.387. The third kappa shape index (κ3) is 3.73. The van der Waals surface area contributed by atoms with Gasteiger partial charge in [0.2, 0.25) is 0 Å². The predicted molar refractivity (Wildman–Crippen MR) is 75.3 cm³/mol. The monoisotopic (exact) mass is 287 g/mol. The van der Waals surface area contributed by atoms with E-state index in [0.29, 0.717) is 16.1 Å². The van der Waals surface area contributed by atoms with E-state index in [1.54, 1.807) is 6.07 Å². The van der Waals surface area contributed by atoms with E-state index in [0.717, 1.165) is 25.7 Å². The average Bonchev–Trinajstić information content (AvgIpc) is 2.54. The number of aliphatic hydroxyl groups is 1. The molecule has 0 amide bonds. The van der Waals surface area contributed by atoms with Crippen molar-refractivity contribution in [1.29, 1.82) is 0 Å². The molecule has 1 fully saturated rings. The van der Waals surface area contributed by atoms with Crippen LogP contribution >= 0.6 is 23.4 Å². The van der Waals surface area contributed by atoms with Crippen molar-refractivity contribution in [2.45, 2.75) is 49.4 Å². The van der Waals surface area contributed by atoms with Gasteiger partial charge in [-0.05, 0) is 19.1 Å². The minimum absolute atomic E-state index is 0.0631. The summed E-state index contributed by atoms with van der Waals surface area (Å²) in [4.78, 5) is 8.45. The van der Waals surface area contributed by atoms with E-state index in [9.17, 15) is 5.11 Å². The fraction of sp³-hybridized carbons (Fsp3) is 0.667. The molecule has 100 valence electrons. The Hall–Kier alpha value is -0.520. The number of halogens is 1. The second kappa shape index (κ2) is 6.59. The molecule has 18 heavy (non-hydrogen) atoms. The highest BCUT2D eigenvalue weighted by Crippen LogP contribution is 2.23. The second-order valence-corrected chi connectivity index (χ2v) is 5.68. The van der Waals surface area contributed by atoms with Crippen LogP contribution in [0.1, 0.15) is 32.1 Å². The lowest BCUT2D eigenvalue weighted by atomic mass is 10.1. The molecule has 1 aliphatic carbocycles. The van der Waals surface area contributed by atoms with Crippen molar-refractivity contribution in [3.63, 3.8) is 0 Å². The topological polar surface area (TPSA) is 58.0 Å². The van der Waals surface area contributed by atoms with Gasteiger partial charge in [-0.15, -0.1) is 0 Å². The summed E-state index contributed by atoms with van der Waals surface area (Å²) in [5.74, 6) is 0.699. The second-order valence-electron chi connectivity index (χ2n) is 4.52. The molecule has 2 N–H and O–H groups in total. The van der Waals surface area contributed by atoms with Crippen LogP contribution in [0.15, 0.2) is 11.2 Å². The van der Waals surface area contributed by atoms with E-state index in [1.807, 2.05) is 6.26 Å². The number of aromatic nitrogens is 2. The first-order chi connectivity index (χ1) is 8.69. The van der Waals surface area contributed by atoms with Crippen LogP contribution in [-0.4, -0.2) is 33.5 Å². The molecule has 2 atom stereocenters. The standard InChI is InChI=1S/C12H18ClN3OS/c1-18-12-15-10(13)7-11(16-12)14-8-5-3-2-4-6-9(8)17/h7-9,17H,2-6H2,1H3,(H,14,15,16). The lowest BCUT2D eigenvalue weighted by Gasteiger charge is -2.22. The van der Waals surface area contributed by atoms with Crippen molar-refractivity contribution >= 4 is 29.2 Å². The zero-order valence-corrected chi connectivity index (χ0v) is 12.0. The van der Waals surface area contributed by atoms with Gasteiger partial charge in [0.25, 0.3) is 0 Å². The molecule has 0 radical (unpaired) electrons. The molecular formula is C12H18ClN3OS. The Balaban J connectivity index is 2.09. The number of anilines is 1. The first kappa shape index (κ1) is 13.9. The van der Waals surface area contributed by atoms with Crippen LogP contribution < -0.4 is 5.32 Å². The van der Waals surface area contributed by atoms with Crippen molar-refractivity contribution in [2.75, 3.05) is 11.6 Å². The highest BCUT2D eigenvalue weighted by Gasteiger charge is 2.21. The first-order valence-electron chi connectivity index (χ1n) is 6.22. The molecule has 0 saturated heterocycles. The fourth-order valence-electron chi connectivity index (χ4n) is 2.21. The Morgan fingerprint density at radius 1 is 1.33 bits per heavy atom. The van der Waals surface area contributed by atoms with Crippen LogP contribution in [0.5, 0.6) is 0 Å². The number of nitrogens with one attached hydrogen (secondary N) is 1. The van der Waals surface area contributed by atoms with Gasteiger partial charge in [0.15, 0.2) is 5.16 Å². The smallest absolute Gasteiger partial charge is 0.190 e. The molecule has 1 saturated carbocycles. The number of rotatable bonds is 3. The number of aliphatic hydroxyl groups excluding tert-OH is 1. The van der Waals surface area contributed by atoms with E-state index >= 15 is 0 Å². The van der Waals surface area contributed by atoms with E-state index in [2.05, 4.69) is 15.3 Å². The number of nitrogens with zero attached hydrogens (tertiary/aromatic N) is 2. The molecule has 1 aromatic rings. The maximum absolute atomic E-state index is 10.1. The fourth-order valence-corrected chi connectivity index (χ4v) is 2.82. The minimum Gasteiger partial charge on any atom is -0.391 e. The van der Waals surface area contributed by atoms with Gasteiger partial charge < -0.3 is 10.4 Å². The van der Waals surface area contributed by atoms with Gasteiger partial charge in [0.05, 0.1) is 12.1 Å². The van der Waals surface area contributed by atoms with E-state index in [-0.39, 0.29) is 12.1 Å². The highest BCUT2D eigenvalue weighted by atomic mass is 35.5. The maximum Gasteiger partial charge on any atom is 0.190 e. The van der Waals surface area contributed by atoms with Crippen LogP contribution in [0.2, 0.25) is 5.15 Å². The molecule has 0 bridgehead atoms. The summed E-state index contributed by atoms with van der Waals surface area (Å²) in [5, 5.41) is 14.4. The Kier molecular flexibility index (Phi) is 5.09. The number of hydrogen-bond donors (Lipinski definition) is 2. The number of thioether (sulfide) groups is 1. The molecule has 1 aliphatic rings. The highest BCUT2D eigenvalue weighted by molar-refractivity contribution is 7.98. The van der Waals surface area contributed by atoms with E-state index < -0.39 is 0 Å². The van der Waals surface area contributed by atoms with Crippen molar-refractivity contribution in [3.05, 3.63) is 11.2 Å². The minimum atomic E-state index is -0.307. The summed E-state index contributed by atoms with van der Waals surface area (Å²) in [5.41, 5.74) is 0. The van der Waals surface area contributed by atoms with Crippen LogP contribution in [-0.2, 0) is 0 Å². The third-order valence-corrected chi connectivity index (χ3v) is 3.91. The lowest BCUT2D eigenvalue weighted by molar-refractivity contribution is 0.144. The van der Waals surface area contributed by atoms with Crippen molar-refractivity contribution < 1.29 is 5.11 Å². The van der Waals surface area contributed by atoms with Crippen molar-refractivity contribution in [2.24, 2.45) is 0 Å². The molecule has 4 nitrogen and oxygen atoms in total. The molecule has 2 unspecified atom stereocenters. The van der Waals surface area contributed by atoms with Gasteiger partial charge in [-0.3, -0.25) is 0 Å². The zero-order chi connectivity index (χ0) is 13.0. The van der Waals surface area contributed by atoms with Crippen LogP contribution in [0.25, 0.3) is 0 Å². The normalized spacial score (nSPS) is 24.6. The molecule has 0 aliphatic heterocycles. The Morgan fingerprint density at radius 2 is 2.11 bits per heavy atom. The third-order valence-electron chi connectivity index (χ3n) is 3.17. The summed E-state index contributed by atoms with van der Waals surface area (Å²) < 4.78 is 0. The van der Waals surface area contributed by atoms with Gasteiger partial charge in [-0.2, -0.15) is 0 Å². The summed E-state index contributed by atoms with van der Waals surface area (Å²) in [7, 11) is 0. The van der Waals surface area contributed by atoms with Gasteiger partial charge in [0.1, 0.15) is 11.0 Å². The van der Waals surface area contributed by atoms with Crippen molar-refractivity contribution in [3.8, 4) is 0 Å². The van der Waals surface area contributed by atoms with Crippen LogP contribution in [0, 0.1) is 0 Å². The van der Waals surface area contributed by atoms with Crippen molar-refractivity contribution in [1.82, 2.24) is 9.97 Å². The molecule has 0 aromatic carbocycles. The van der Waals surface area contributed by atoms with Gasteiger partial charge in [-0.25, -0.2) is 9.97 Å². The lowest BCUT2D eigenvalue weighted by Crippen LogP contribution is -2.32. The van der Waals surface area contributed by atoms with E-state index in [1.165, 1.54) is 18.2 Å². The zero-order valence-electron chi connectivity index (χ0n) is 10.4. The molecule has 0 spiro atoms. The summed E-state index contributed by atoms with van der Waals surface area (Å²) in [6.45, 7) is 0. The Bertz CT molecular complexity index is 405. The van der Waals surface area contributed by atoms with Gasteiger partial charge in [-0.1, -0.05) is 42.6 Å². The summed E-state index contributed by atoms with van der Waals surface area (Å²) in [6.07, 6.45) is 6.86. The first-order valence-corrected chi connectivity index (χ1v) is 7.82. The molecule has 6 heteroatoms.